The predicted octanol–water partition coefficient (Wildman–Crippen LogP) is -0.0508. The molecule has 1 unspecified atom stereocenters. The first-order valence-corrected chi connectivity index (χ1v) is 5.78. The van der Waals surface area contributed by atoms with Crippen LogP contribution in [0, 0.1) is 5.41 Å². The Kier molecular flexibility index (Phi) is 6.57. The van der Waals surface area contributed by atoms with Crippen LogP contribution in [0.15, 0.2) is 29.2 Å². The second-order valence-corrected chi connectivity index (χ2v) is 4.88. The smallest absolute Gasteiger partial charge is 0.482 e. The fraction of sp³-hybridized carbons (Fsp3) is 0.364. The van der Waals surface area contributed by atoms with Crippen LogP contribution in [0.3, 0.4) is 0 Å². The SMILES string of the molecule is N=C([NH-])c1ccc(SC2CCOC2)cc1.[K+]. The van der Waals surface area contributed by atoms with Gasteiger partial charge in [0.15, 0.2) is 0 Å². The number of amidine groups is 1. The summed E-state index contributed by atoms with van der Waals surface area (Å²) in [6, 6.07) is 7.60. The van der Waals surface area contributed by atoms with Gasteiger partial charge in [-0.05, 0) is 24.1 Å². The van der Waals surface area contributed by atoms with Crippen molar-refractivity contribution in [2.45, 2.75) is 16.6 Å². The minimum atomic E-state index is -0.129. The van der Waals surface area contributed by atoms with Gasteiger partial charge in [-0.1, -0.05) is 18.0 Å². The van der Waals surface area contributed by atoms with E-state index >= 15 is 0 Å². The zero-order chi connectivity index (χ0) is 10.7. The molecule has 0 amide bonds. The van der Waals surface area contributed by atoms with Crippen molar-refractivity contribution < 1.29 is 56.1 Å². The molecule has 0 saturated carbocycles. The molecule has 5 heteroatoms. The average molecular weight is 260 g/mol. The second-order valence-electron chi connectivity index (χ2n) is 3.50. The molecule has 1 fully saturated rings. The summed E-state index contributed by atoms with van der Waals surface area (Å²) in [5.74, 6) is -0.129. The van der Waals surface area contributed by atoms with Crippen molar-refractivity contribution in [3.8, 4) is 0 Å². The van der Waals surface area contributed by atoms with Gasteiger partial charge in [0.25, 0.3) is 0 Å². The number of benzene rings is 1. The van der Waals surface area contributed by atoms with Crippen LogP contribution in [0.25, 0.3) is 5.73 Å². The van der Waals surface area contributed by atoms with Crippen molar-refractivity contribution in [1.82, 2.24) is 0 Å². The third-order valence-corrected chi connectivity index (χ3v) is 3.58. The van der Waals surface area contributed by atoms with Gasteiger partial charge in [-0.2, -0.15) is 0 Å². The third-order valence-electron chi connectivity index (χ3n) is 2.33. The van der Waals surface area contributed by atoms with Gasteiger partial charge in [-0.25, -0.2) is 0 Å². The van der Waals surface area contributed by atoms with E-state index < -0.39 is 0 Å². The molecule has 0 aromatic heterocycles. The molecule has 2 rings (SSSR count). The van der Waals surface area contributed by atoms with Crippen molar-refractivity contribution in [3.63, 3.8) is 0 Å². The summed E-state index contributed by atoms with van der Waals surface area (Å²) in [6.45, 7) is 1.70. The maximum atomic E-state index is 7.17. The van der Waals surface area contributed by atoms with Crippen LogP contribution in [0.5, 0.6) is 0 Å². The number of rotatable bonds is 3. The Morgan fingerprint density at radius 3 is 2.56 bits per heavy atom. The molecular formula is C11H13KN2OS. The molecule has 1 atom stereocenters. The summed E-state index contributed by atoms with van der Waals surface area (Å²) in [6.07, 6.45) is 1.11. The molecule has 2 N–H and O–H groups in total. The van der Waals surface area contributed by atoms with E-state index in [-0.39, 0.29) is 57.2 Å². The van der Waals surface area contributed by atoms with Crippen LogP contribution >= 0.6 is 11.8 Å². The monoisotopic (exact) mass is 260 g/mol. The van der Waals surface area contributed by atoms with Gasteiger partial charge in [0.1, 0.15) is 0 Å². The van der Waals surface area contributed by atoms with Crippen LogP contribution < -0.4 is 51.4 Å². The molecule has 0 spiro atoms. The quantitative estimate of drug-likeness (QED) is 0.471. The molecule has 80 valence electrons. The Labute approximate surface area is 142 Å². The van der Waals surface area contributed by atoms with Crippen LogP contribution in [-0.2, 0) is 4.74 Å². The van der Waals surface area contributed by atoms with E-state index in [0.717, 1.165) is 19.6 Å². The summed E-state index contributed by atoms with van der Waals surface area (Å²) in [7, 11) is 0. The average Bonchev–Trinajstić information content (AvgIpc) is 2.71. The van der Waals surface area contributed by atoms with Crippen molar-refractivity contribution >= 4 is 17.6 Å². The molecule has 1 aromatic rings. The molecule has 0 radical (unpaired) electrons. The molecule has 1 aliphatic rings. The fourth-order valence-corrected chi connectivity index (χ4v) is 2.55. The Hall–Kier alpha value is 0.636. The van der Waals surface area contributed by atoms with E-state index in [4.69, 9.17) is 15.9 Å². The minimum Gasteiger partial charge on any atom is -0.482 e. The number of ether oxygens (including phenoxy) is 1. The zero-order valence-corrected chi connectivity index (χ0v) is 13.3. The van der Waals surface area contributed by atoms with E-state index in [1.54, 1.807) is 0 Å². The van der Waals surface area contributed by atoms with E-state index in [1.807, 2.05) is 36.0 Å². The maximum absolute atomic E-state index is 7.17. The van der Waals surface area contributed by atoms with Gasteiger partial charge >= 0.3 is 51.4 Å². The molecule has 3 nitrogen and oxygen atoms in total. The van der Waals surface area contributed by atoms with Crippen molar-refractivity contribution in [3.05, 3.63) is 35.6 Å². The number of nitrogens with one attached hydrogen (secondary N) is 2. The summed E-state index contributed by atoms with van der Waals surface area (Å²) in [4.78, 5) is 1.19. The van der Waals surface area contributed by atoms with Gasteiger partial charge in [-0.15, -0.1) is 11.8 Å². The largest absolute Gasteiger partial charge is 1.00 e. The fourth-order valence-electron chi connectivity index (χ4n) is 1.50. The molecule has 1 aliphatic heterocycles. The summed E-state index contributed by atoms with van der Waals surface area (Å²) < 4.78 is 5.31. The van der Waals surface area contributed by atoms with Gasteiger partial charge in [0, 0.05) is 16.8 Å². The van der Waals surface area contributed by atoms with Crippen LogP contribution in [0.4, 0.5) is 0 Å². The molecule has 1 aromatic carbocycles. The van der Waals surface area contributed by atoms with Gasteiger partial charge < -0.3 is 15.9 Å². The molecule has 0 aliphatic carbocycles. The number of thioether (sulfide) groups is 1. The predicted molar refractivity (Wildman–Crippen MR) is 62.7 cm³/mol. The normalized spacial score (nSPS) is 19.1. The van der Waals surface area contributed by atoms with Gasteiger partial charge in [-0.3, -0.25) is 0 Å². The van der Waals surface area contributed by atoms with Gasteiger partial charge in [0.2, 0.25) is 0 Å². The summed E-state index contributed by atoms with van der Waals surface area (Å²) in [5.41, 5.74) is 7.84. The van der Waals surface area contributed by atoms with Crippen LogP contribution in [0.2, 0.25) is 0 Å². The van der Waals surface area contributed by atoms with Crippen molar-refractivity contribution in [2.24, 2.45) is 0 Å². The second kappa shape index (κ2) is 7.16. The molecule has 1 heterocycles. The Morgan fingerprint density at radius 1 is 1.38 bits per heavy atom. The van der Waals surface area contributed by atoms with Crippen molar-refractivity contribution in [2.75, 3.05) is 13.2 Å². The molecular weight excluding hydrogens is 247 g/mol. The Balaban J connectivity index is 0.00000128. The van der Waals surface area contributed by atoms with Crippen molar-refractivity contribution in [1.29, 1.82) is 5.41 Å². The molecule has 0 bridgehead atoms. The first kappa shape index (κ1) is 14.7. The maximum Gasteiger partial charge on any atom is 1.00 e. The first-order valence-electron chi connectivity index (χ1n) is 4.91. The topological polar surface area (TPSA) is 56.9 Å². The third kappa shape index (κ3) is 4.14. The standard InChI is InChI=1S/C11H13N2OS.K/c12-11(13)8-1-3-9(4-2-8)15-10-5-6-14-7-10;/h1-4,10H,5-7H2,(H2-,12,13);/q-1;+1. The minimum absolute atomic E-state index is 0. The number of hydrogen-bond acceptors (Lipinski definition) is 3. The Bertz CT molecular complexity index is 350. The summed E-state index contributed by atoms with van der Waals surface area (Å²) >= 11 is 1.81. The van der Waals surface area contributed by atoms with E-state index in [0.29, 0.717) is 10.8 Å². The van der Waals surface area contributed by atoms with Gasteiger partial charge in [0.05, 0.1) is 6.61 Å². The zero-order valence-electron chi connectivity index (χ0n) is 9.32. The number of hydrogen-bond donors (Lipinski definition) is 1. The van der Waals surface area contributed by atoms with E-state index in [2.05, 4.69) is 0 Å². The van der Waals surface area contributed by atoms with E-state index in [1.165, 1.54) is 4.90 Å². The van der Waals surface area contributed by atoms with Crippen LogP contribution in [0.1, 0.15) is 12.0 Å². The van der Waals surface area contributed by atoms with E-state index in [9.17, 15) is 0 Å². The summed E-state index contributed by atoms with van der Waals surface area (Å²) in [5, 5.41) is 7.73. The Morgan fingerprint density at radius 2 is 2.06 bits per heavy atom. The first-order chi connectivity index (χ1) is 7.25. The van der Waals surface area contributed by atoms with Crippen LogP contribution in [-0.4, -0.2) is 24.3 Å². The molecule has 16 heavy (non-hydrogen) atoms. The molecule has 1 saturated heterocycles.